The minimum atomic E-state index is 0.387. The summed E-state index contributed by atoms with van der Waals surface area (Å²) in [7, 11) is 0. The monoisotopic (exact) mass is 192 g/mol. The first-order valence-corrected chi connectivity index (χ1v) is 5.37. The Morgan fingerprint density at radius 1 is 1.50 bits per heavy atom. The average molecular weight is 192 g/mol. The van der Waals surface area contributed by atoms with Gasteiger partial charge in [-0.3, -0.25) is 0 Å². The standard InChI is InChI=1S/C13H20O/c1-5-6-7-12-11(4)10(3)9(2)8-13(12)14/h8,10,14H,2,5-7H2,1,3-4H3. The molecule has 0 fully saturated rings. The van der Waals surface area contributed by atoms with Gasteiger partial charge in [0.15, 0.2) is 0 Å². The molecule has 0 aromatic rings. The highest BCUT2D eigenvalue weighted by molar-refractivity contribution is 5.44. The molecule has 1 rings (SSSR count). The van der Waals surface area contributed by atoms with E-state index in [1.54, 1.807) is 0 Å². The van der Waals surface area contributed by atoms with E-state index >= 15 is 0 Å². The first-order chi connectivity index (χ1) is 6.57. The van der Waals surface area contributed by atoms with Crippen molar-refractivity contribution in [1.82, 2.24) is 0 Å². The molecule has 0 aromatic carbocycles. The van der Waals surface area contributed by atoms with Gasteiger partial charge in [0, 0.05) is 5.92 Å². The summed E-state index contributed by atoms with van der Waals surface area (Å²) < 4.78 is 0. The topological polar surface area (TPSA) is 20.2 Å². The van der Waals surface area contributed by atoms with Crippen LogP contribution in [0.3, 0.4) is 0 Å². The van der Waals surface area contributed by atoms with Crippen LogP contribution in [0.2, 0.25) is 0 Å². The number of unbranched alkanes of at least 4 members (excludes halogenated alkanes) is 1. The summed E-state index contributed by atoms with van der Waals surface area (Å²) in [5, 5.41) is 9.80. The van der Waals surface area contributed by atoms with Gasteiger partial charge in [-0.2, -0.15) is 0 Å². The second kappa shape index (κ2) is 4.50. The van der Waals surface area contributed by atoms with Crippen molar-refractivity contribution in [3.05, 3.63) is 35.1 Å². The number of hydrogen-bond donors (Lipinski definition) is 1. The molecule has 0 heterocycles. The normalized spacial score (nSPS) is 22.6. The Labute approximate surface area is 86.8 Å². The number of hydrogen-bond acceptors (Lipinski definition) is 1. The van der Waals surface area contributed by atoms with Crippen LogP contribution in [-0.4, -0.2) is 5.11 Å². The Hall–Kier alpha value is -0.980. The summed E-state index contributed by atoms with van der Waals surface area (Å²) in [4.78, 5) is 0. The van der Waals surface area contributed by atoms with Crippen LogP contribution in [0.25, 0.3) is 0 Å². The van der Waals surface area contributed by atoms with Crippen molar-refractivity contribution < 1.29 is 5.11 Å². The molecular weight excluding hydrogens is 172 g/mol. The molecule has 1 heteroatoms. The van der Waals surface area contributed by atoms with E-state index in [0.29, 0.717) is 11.7 Å². The second-order valence-corrected chi connectivity index (χ2v) is 4.09. The molecule has 78 valence electrons. The second-order valence-electron chi connectivity index (χ2n) is 4.09. The number of allylic oxidation sites excluding steroid dienone is 4. The molecule has 0 radical (unpaired) electrons. The molecular formula is C13H20O. The van der Waals surface area contributed by atoms with Crippen LogP contribution in [-0.2, 0) is 0 Å². The number of rotatable bonds is 3. The molecule has 0 bridgehead atoms. The molecule has 1 nitrogen and oxygen atoms in total. The van der Waals surface area contributed by atoms with Crippen LogP contribution in [0.15, 0.2) is 35.1 Å². The molecule has 1 aliphatic rings. The predicted octanol–water partition coefficient (Wildman–Crippen LogP) is 4.14. The Balaban J connectivity index is 2.89. The van der Waals surface area contributed by atoms with Crippen molar-refractivity contribution in [1.29, 1.82) is 0 Å². The van der Waals surface area contributed by atoms with Gasteiger partial charge in [0.05, 0.1) is 0 Å². The van der Waals surface area contributed by atoms with Crippen molar-refractivity contribution in [2.45, 2.75) is 40.0 Å². The lowest BCUT2D eigenvalue weighted by Gasteiger charge is -2.23. The summed E-state index contributed by atoms with van der Waals surface area (Å²) >= 11 is 0. The van der Waals surface area contributed by atoms with Gasteiger partial charge >= 0.3 is 0 Å². The van der Waals surface area contributed by atoms with Crippen LogP contribution in [0.1, 0.15) is 40.0 Å². The zero-order valence-electron chi connectivity index (χ0n) is 9.43. The van der Waals surface area contributed by atoms with Crippen LogP contribution >= 0.6 is 0 Å². The summed E-state index contributed by atoms with van der Waals surface area (Å²) in [5.41, 5.74) is 3.43. The van der Waals surface area contributed by atoms with Crippen molar-refractivity contribution in [3.63, 3.8) is 0 Å². The Kier molecular flexibility index (Phi) is 3.56. The fourth-order valence-corrected chi connectivity index (χ4v) is 1.81. The first-order valence-electron chi connectivity index (χ1n) is 5.37. The maximum absolute atomic E-state index is 9.80. The zero-order chi connectivity index (χ0) is 10.7. The third-order valence-corrected chi connectivity index (χ3v) is 3.09. The lowest BCUT2D eigenvalue weighted by Crippen LogP contribution is -2.09. The molecule has 0 saturated heterocycles. The first kappa shape index (κ1) is 11.1. The summed E-state index contributed by atoms with van der Waals surface area (Å²) in [5.74, 6) is 0.816. The third-order valence-electron chi connectivity index (χ3n) is 3.09. The van der Waals surface area contributed by atoms with E-state index in [9.17, 15) is 5.11 Å². The lowest BCUT2D eigenvalue weighted by molar-refractivity contribution is 0.410. The fourth-order valence-electron chi connectivity index (χ4n) is 1.81. The van der Waals surface area contributed by atoms with E-state index in [4.69, 9.17) is 0 Å². The Morgan fingerprint density at radius 2 is 2.14 bits per heavy atom. The van der Waals surface area contributed by atoms with Gasteiger partial charge in [-0.05, 0) is 37.0 Å². The molecule has 1 unspecified atom stereocenters. The van der Waals surface area contributed by atoms with Crippen LogP contribution in [0.5, 0.6) is 0 Å². The van der Waals surface area contributed by atoms with Crippen molar-refractivity contribution >= 4 is 0 Å². The fraction of sp³-hybridized carbons (Fsp3) is 0.538. The molecule has 0 aliphatic heterocycles. The van der Waals surface area contributed by atoms with Crippen LogP contribution in [0, 0.1) is 5.92 Å². The predicted molar refractivity (Wildman–Crippen MR) is 61.2 cm³/mol. The number of aliphatic hydroxyl groups excluding tert-OH is 1. The summed E-state index contributed by atoms with van der Waals surface area (Å²) in [6.07, 6.45) is 5.11. The summed E-state index contributed by atoms with van der Waals surface area (Å²) in [6, 6.07) is 0. The van der Waals surface area contributed by atoms with E-state index in [0.717, 1.165) is 24.0 Å². The van der Waals surface area contributed by atoms with E-state index in [-0.39, 0.29) is 0 Å². The molecule has 14 heavy (non-hydrogen) atoms. The maximum Gasteiger partial charge on any atom is 0.119 e. The van der Waals surface area contributed by atoms with Crippen molar-refractivity contribution in [2.24, 2.45) is 5.92 Å². The average Bonchev–Trinajstić information content (AvgIpc) is 2.14. The van der Waals surface area contributed by atoms with Gasteiger partial charge in [-0.15, -0.1) is 0 Å². The SMILES string of the molecule is C=C1C=C(O)C(CCCC)=C(C)C1C. The van der Waals surface area contributed by atoms with Gasteiger partial charge in [0.1, 0.15) is 5.76 Å². The molecule has 0 amide bonds. The third kappa shape index (κ3) is 2.09. The smallest absolute Gasteiger partial charge is 0.119 e. The molecule has 1 N–H and O–H groups in total. The van der Waals surface area contributed by atoms with Gasteiger partial charge in [0.2, 0.25) is 0 Å². The van der Waals surface area contributed by atoms with Crippen LogP contribution in [0.4, 0.5) is 0 Å². The van der Waals surface area contributed by atoms with Gasteiger partial charge in [0.25, 0.3) is 0 Å². The molecule has 1 aliphatic carbocycles. The molecule has 0 saturated carbocycles. The minimum absolute atomic E-state index is 0.387. The summed E-state index contributed by atoms with van der Waals surface area (Å²) in [6.45, 7) is 10.4. The maximum atomic E-state index is 9.80. The van der Waals surface area contributed by atoms with E-state index in [2.05, 4.69) is 27.4 Å². The van der Waals surface area contributed by atoms with Crippen molar-refractivity contribution in [2.75, 3.05) is 0 Å². The van der Waals surface area contributed by atoms with Crippen molar-refractivity contribution in [3.8, 4) is 0 Å². The van der Waals surface area contributed by atoms with E-state index in [1.165, 1.54) is 12.0 Å². The van der Waals surface area contributed by atoms with E-state index in [1.807, 2.05) is 6.08 Å². The zero-order valence-corrected chi connectivity index (χ0v) is 9.43. The molecule has 0 aromatic heterocycles. The van der Waals surface area contributed by atoms with E-state index < -0.39 is 0 Å². The minimum Gasteiger partial charge on any atom is -0.508 e. The molecule has 0 spiro atoms. The van der Waals surface area contributed by atoms with Gasteiger partial charge in [-0.1, -0.05) is 32.4 Å². The highest BCUT2D eigenvalue weighted by Gasteiger charge is 2.19. The van der Waals surface area contributed by atoms with Crippen LogP contribution < -0.4 is 0 Å². The lowest BCUT2D eigenvalue weighted by atomic mass is 9.83. The Bertz CT molecular complexity index is 294. The number of aliphatic hydroxyl groups is 1. The van der Waals surface area contributed by atoms with Gasteiger partial charge < -0.3 is 5.11 Å². The van der Waals surface area contributed by atoms with Gasteiger partial charge in [-0.25, -0.2) is 0 Å². The highest BCUT2D eigenvalue weighted by atomic mass is 16.3. The highest BCUT2D eigenvalue weighted by Crippen LogP contribution is 2.33. The Morgan fingerprint density at radius 3 is 2.71 bits per heavy atom. The molecule has 1 atom stereocenters. The quantitative estimate of drug-likeness (QED) is 0.712. The largest absolute Gasteiger partial charge is 0.508 e.